The van der Waals surface area contributed by atoms with Gasteiger partial charge < -0.3 is 15.2 Å². The van der Waals surface area contributed by atoms with E-state index >= 15 is 0 Å². The number of halogens is 3. The van der Waals surface area contributed by atoms with Gasteiger partial charge in [-0.05, 0) is 41.3 Å². The Morgan fingerprint density at radius 2 is 1.54 bits per heavy atom. The molecule has 0 radical (unpaired) electrons. The van der Waals surface area contributed by atoms with Crippen LogP contribution in [0.2, 0.25) is 0 Å². The van der Waals surface area contributed by atoms with E-state index in [0.717, 1.165) is 11.1 Å². The molecule has 3 nitrogen and oxygen atoms in total. The van der Waals surface area contributed by atoms with E-state index in [4.69, 9.17) is 10.5 Å². The van der Waals surface area contributed by atoms with Gasteiger partial charge in [-0.1, -0.05) is 32.0 Å². The zero-order valence-electron chi connectivity index (χ0n) is 13.7. The Balaban J connectivity index is 2.31. The fourth-order valence-electron chi connectivity index (χ4n) is 2.41. The van der Waals surface area contributed by atoms with Gasteiger partial charge in [0.25, 0.3) is 0 Å². The van der Waals surface area contributed by atoms with Gasteiger partial charge in [0.05, 0.1) is 13.2 Å². The molecule has 0 saturated heterocycles. The molecule has 0 spiro atoms. The van der Waals surface area contributed by atoms with Crippen molar-refractivity contribution in [2.75, 3.05) is 7.11 Å². The summed E-state index contributed by atoms with van der Waals surface area (Å²) in [5, 5.41) is 0. The van der Waals surface area contributed by atoms with Crippen LogP contribution in [0.5, 0.6) is 11.5 Å². The first-order valence-corrected chi connectivity index (χ1v) is 7.50. The van der Waals surface area contributed by atoms with Crippen LogP contribution in [0, 0.1) is 0 Å². The molecule has 6 heteroatoms. The Morgan fingerprint density at radius 1 is 0.958 bits per heavy atom. The van der Waals surface area contributed by atoms with Crippen LogP contribution in [0.3, 0.4) is 0 Å². The van der Waals surface area contributed by atoms with E-state index in [2.05, 4.69) is 18.6 Å². The number of alkyl halides is 3. The third kappa shape index (κ3) is 4.41. The van der Waals surface area contributed by atoms with E-state index < -0.39 is 12.4 Å². The summed E-state index contributed by atoms with van der Waals surface area (Å²) in [6.45, 7) is 4.14. The molecule has 2 aromatic carbocycles. The zero-order chi connectivity index (χ0) is 17.9. The summed E-state index contributed by atoms with van der Waals surface area (Å²) in [7, 11) is 1.56. The van der Waals surface area contributed by atoms with Crippen molar-refractivity contribution in [2.24, 2.45) is 5.73 Å². The Kier molecular flexibility index (Phi) is 5.39. The quantitative estimate of drug-likeness (QED) is 0.854. The second kappa shape index (κ2) is 7.13. The van der Waals surface area contributed by atoms with Gasteiger partial charge in [0.1, 0.15) is 11.5 Å². The molecule has 2 rings (SSSR count). The van der Waals surface area contributed by atoms with Crippen LogP contribution in [-0.2, 0) is 0 Å². The molecule has 0 aliphatic carbocycles. The maximum absolute atomic E-state index is 12.2. The number of ether oxygens (including phenoxy) is 2. The third-order valence-corrected chi connectivity index (χ3v) is 3.73. The van der Waals surface area contributed by atoms with Gasteiger partial charge in [-0.25, -0.2) is 0 Å². The van der Waals surface area contributed by atoms with E-state index in [9.17, 15) is 13.2 Å². The smallest absolute Gasteiger partial charge is 0.496 e. The van der Waals surface area contributed by atoms with Gasteiger partial charge in [0, 0.05) is 5.56 Å². The zero-order valence-corrected chi connectivity index (χ0v) is 13.7. The highest BCUT2D eigenvalue weighted by Gasteiger charge is 2.31. The standard InChI is InChI=1S/C18H20F3NO2/c1-11(2)13-6-9-16(23-3)15(10-13)17(22)12-4-7-14(8-5-12)24-18(19,20)21/h4-11,17H,22H2,1-3H3/t17-/m1/s1. The normalized spacial score (nSPS) is 13.0. The van der Waals surface area contributed by atoms with Crippen LogP contribution in [0.15, 0.2) is 42.5 Å². The van der Waals surface area contributed by atoms with Gasteiger partial charge >= 0.3 is 6.36 Å². The van der Waals surface area contributed by atoms with E-state index in [1.165, 1.54) is 24.3 Å². The molecule has 24 heavy (non-hydrogen) atoms. The van der Waals surface area contributed by atoms with Crippen LogP contribution in [0.25, 0.3) is 0 Å². The van der Waals surface area contributed by atoms with Crippen molar-refractivity contribution >= 4 is 0 Å². The summed E-state index contributed by atoms with van der Waals surface area (Å²) in [5.74, 6) is 0.688. The van der Waals surface area contributed by atoms with E-state index in [-0.39, 0.29) is 5.75 Å². The lowest BCUT2D eigenvalue weighted by Gasteiger charge is -2.19. The van der Waals surface area contributed by atoms with Crippen LogP contribution in [0.4, 0.5) is 13.2 Å². The maximum Gasteiger partial charge on any atom is 0.573 e. The molecule has 2 N–H and O–H groups in total. The highest BCUT2D eigenvalue weighted by molar-refractivity contribution is 5.45. The van der Waals surface area contributed by atoms with Crippen molar-refractivity contribution in [3.05, 3.63) is 59.2 Å². The summed E-state index contributed by atoms with van der Waals surface area (Å²) in [6.07, 6.45) is -4.71. The second-order valence-corrected chi connectivity index (χ2v) is 5.75. The molecule has 2 aromatic rings. The van der Waals surface area contributed by atoms with Crippen LogP contribution >= 0.6 is 0 Å². The van der Waals surface area contributed by atoms with Crippen molar-refractivity contribution < 1.29 is 22.6 Å². The molecule has 1 atom stereocenters. The number of rotatable bonds is 5. The first-order chi connectivity index (χ1) is 11.2. The Bertz CT molecular complexity index is 682. The molecule has 0 saturated carbocycles. The van der Waals surface area contributed by atoms with Crippen molar-refractivity contribution in [2.45, 2.75) is 32.2 Å². The van der Waals surface area contributed by atoms with Gasteiger partial charge in [-0.15, -0.1) is 13.2 Å². The average molecular weight is 339 g/mol. The summed E-state index contributed by atoms with van der Waals surface area (Å²) in [5.41, 5.74) is 8.86. The number of hydrogen-bond donors (Lipinski definition) is 1. The minimum Gasteiger partial charge on any atom is -0.496 e. The first kappa shape index (κ1) is 18.1. The SMILES string of the molecule is COc1ccc(C(C)C)cc1[C@H](N)c1ccc(OC(F)(F)F)cc1. The minimum absolute atomic E-state index is 0.277. The molecule has 0 fully saturated rings. The van der Waals surface area contributed by atoms with Crippen LogP contribution in [-0.4, -0.2) is 13.5 Å². The average Bonchev–Trinajstić information content (AvgIpc) is 2.52. The van der Waals surface area contributed by atoms with Crippen LogP contribution < -0.4 is 15.2 Å². The van der Waals surface area contributed by atoms with Crippen molar-refractivity contribution in [3.8, 4) is 11.5 Å². The predicted octanol–water partition coefficient (Wildman–Crippen LogP) is 4.77. The van der Waals surface area contributed by atoms with E-state index in [1.807, 2.05) is 18.2 Å². The molecule has 0 aliphatic heterocycles. The molecule has 0 unspecified atom stereocenters. The van der Waals surface area contributed by atoms with Gasteiger partial charge in [0.2, 0.25) is 0 Å². The Morgan fingerprint density at radius 3 is 2.04 bits per heavy atom. The summed E-state index contributed by atoms with van der Waals surface area (Å²) >= 11 is 0. The number of benzene rings is 2. The fraction of sp³-hybridized carbons (Fsp3) is 0.333. The number of nitrogens with two attached hydrogens (primary N) is 1. The molecule has 0 bridgehead atoms. The number of hydrogen-bond acceptors (Lipinski definition) is 3. The Hall–Kier alpha value is -2.21. The second-order valence-electron chi connectivity index (χ2n) is 5.75. The molecular formula is C18H20F3NO2. The highest BCUT2D eigenvalue weighted by Crippen LogP contribution is 2.32. The fourth-order valence-corrected chi connectivity index (χ4v) is 2.41. The van der Waals surface area contributed by atoms with Gasteiger partial charge in [-0.2, -0.15) is 0 Å². The van der Waals surface area contributed by atoms with Crippen molar-refractivity contribution in [1.29, 1.82) is 0 Å². The monoisotopic (exact) mass is 339 g/mol. The van der Waals surface area contributed by atoms with Crippen molar-refractivity contribution in [1.82, 2.24) is 0 Å². The van der Waals surface area contributed by atoms with Crippen LogP contribution in [0.1, 0.15) is 42.5 Å². The Labute approximate surface area is 139 Å². The summed E-state index contributed by atoms with van der Waals surface area (Å²) in [4.78, 5) is 0. The highest BCUT2D eigenvalue weighted by atomic mass is 19.4. The van der Waals surface area contributed by atoms with Gasteiger partial charge in [-0.3, -0.25) is 0 Å². The molecular weight excluding hydrogens is 319 g/mol. The lowest BCUT2D eigenvalue weighted by molar-refractivity contribution is -0.274. The minimum atomic E-state index is -4.71. The first-order valence-electron chi connectivity index (χ1n) is 7.50. The van der Waals surface area contributed by atoms with E-state index in [1.54, 1.807) is 7.11 Å². The predicted molar refractivity (Wildman–Crippen MR) is 86.2 cm³/mol. The lowest BCUT2D eigenvalue weighted by atomic mass is 9.93. The van der Waals surface area contributed by atoms with E-state index in [0.29, 0.717) is 17.2 Å². The van der Waals surface area contributed by atoms with Gasteiger partial charge in [0.15, 0.2) is 0 Å². The summed E-state index contributed by atoms with van der Waals surface area (Å²) in [6, 6.07) is 10.8. The molecule has 0 heterocycles. The molecule has 0 amide bonds. The molecule has 0 aromatic heterocycles. The maximum atomic E-state index is 12.2. The lowest BCUT2D eigenvalue weighted by Crippen LogP contribution is -2.17. The largest absolute Gasteiger partial charge is 0.573 e. The summed E-state index contributed by atoms with van der Waals surface area (Å²) < 4.78 is 45.9. The topological polar surface area (TPSA) is 44.5 Å². The molecule has 130 valence electrons. The molecule has 0 aliphatic rings. The third-order valence-electron chi connectivity index (χ3n) is 3.73. The van der Waals surface area contributed by atoms with Crippen molar-refractivity contribution in [3.63, 3.8) is 0 Å². The number of methoxy groups -OCH3 is 1.